The molecule has 0 aromatic heterocycles. The Morgan fingerprint density at radius 2 is 1.57 bits per heavy atom. The first-order valence-electron chi connectivity index (χ1n) is 9.64. The minimum Gasteiger partial charge on any atom is -0.481 e. The van der Waals surface area contributed by atoms with Gasteiger partial charge in [0.05, 0.1) is 11.3 Å². The Labute approximate surface area is 166 Å². The maximum absolute atomic E-state index is 12.7. The van der Waals surface area contributed by atoms with Crippen molar-refractivity contribution in [2.75, 3.05) is 6.54 Å². The molecule has 0 spiro atoms. The van der Waals surface area contributed by atoms with Crippen LogP contribution in [0.1, 0.15) is 42.4 Å². The normalized spacial score (nSPS) is 16.2. The number of aliphatic carboxylic acids is 1. The lowest BCUT2D eigenvalue weighted by Crippen LogP contribution is -2.37. The zero-order chi connectivity index (χ0) is 20.2. The Morgan fingerprint density at radius 3 is 2.14 bits per heavy atom. The molecule has 1 saturated carbocycles. The number of benzene rings is 2. The van der Waals surface area contributed by atoms with Crippen molar-refractivity contribution in [2.24, 2.45) is 5.41 Å². The fourth-order valence-electron chi connectivity index (χ4n) is 3.97. The second-order valence-electron chi connectivity index (χ2n) is 7.91. The highest BCUT2D eigenvalue weighted by molar-refractivity contribution is 7.89. The fraction of sp³-hybridized carbons (Fsp3) is 0.409. The number of hydrogen-bond donors (Lipinski definition) is 2. The third-order valence-electron chi connectivity index (χ3n) is 5.59. The number of aryl methyl sites for hydroxylation is 1. The van der Waals surface area contributed by atoms with E-state index in [0.29, 0.717) is 11.4 Å². The molecule has 0 amide bonds. The quantitative estimate of drug-likeness (QED) is 0.706. The number of carboxylic acids is 1. The number of nitrogens with one attached hydrogen (secondary N) is 1. The smallest absolute Gasteiger partial charge is 0.307 e. The molecule has 0 atom stereocenters. The van der Waals surface area contributed by atoms with E-state index in [1.165, 1.54) is 0 Å². The number of carboxylic acid groups (broad SMARTS) is 1. The van der Waals surface area contributed by atoms with Gasteiger partial charge < -0.3 is 5.11 Å². The van der Waals surface area contributed by atoms with Crippen molar-refractivity contribution in [1.29, 1.82) is 0 Å². The van der Waals surface area contributed by atoms with Crippen molar-refractivity contribution < 1.29 is 18.3 Å². The zero-order valence-corrected chi connectivity index (χ0v) is 17.0. The topological polar surface area (TPSA) is 83.5 Å². The van der Waals surface area contributed by atoms with Crippen LogP contribution in [0.25, 0.3) is 0 Å². The van der Waals surface area contributed by atoms with Crippen LogP contribution in [-0.4, -0.2) is 26.0 Å². The molecule has 5 nitrogen and oxygen atoms in total. The molecule has 3 rings (SSSR count). The Balaban J connectivity index is 1.70. The second kappa shape index (κ2) is 8.45. The van der Waals surface area contributed by atoms with Gasteiger partial charge >= 0.3 is 5.97 Å². The first kappa shape index (κ1) is 20.6. The van der Waals surface area contributed by atoms with E-state index in [0.717, 1.165) is 48.8 Å². The summed E-state index contributed by atoms with van der Waals surface area (Å²) >= 11 is 0. The maximum atomic E-state index is 12.7. The molecule has 1 aliphatic carbocycles. The highest BCUT2D eigenvalue weighted by Crippen LogP contribution is 2.40. The Kier molecular flexibility index (Phi) is 6.20. The summed E-state index contributed by atoms with van der Waals surface area (Å²) in [6.45, 7) is 2.35. The van der Waals surface area contributed by atoms with Crippen molar-refractivity contribution in [1.82, 2.24) is 4.72 Å². The minimum atomic E-state index is -3.53. The summed E-state index contributed by atoms with van der Waals surface area (Å²) in [5, 5.41) is 8.90. The molecule has 0 saturated heterocycles. The average molecular weight is 402 g/mol. The molecule has 6 heteroatoms. The van der Waals surface area contributed by atoms with Crippen molar-refractivity contribution >= 4 is 16.0 Å². The van der Waals surface area contributed by atoms with Crippen LogP contribution in [-0.2, 0) is 27.7 Å². The van der Waals surface area contributed by atoms with E-state index in [4.69, 9.17) is 5.11 Å². The van der Waals surface area contributed by atoms with Crippen LogP contribution in [0.2, 0.25) is 0 Å². The predicted octanol–water partition coefficient (Wildman–Crippen LogP) is 3.70. The largest absolute Gasteiger partial charge is 0.481 e. The van der Waals surface area contributed by atoms with E-state index in [1.807, 2.05) is 31.2 Å². The van der Waals surface area contributed by atoms with Crippen molar-refractivity contribution in [3.8, 4) is 0 Å². The standard InChI is InChI=1S/C22H27NO4S/c1-17-4-10-20(11-5-17)28(26,27)23-16-22(12-2-3-13-22)15-19-8-6-18(7-9-19)14-21(24)25/h4-11,23H,2-3,12-16H2,1H3,(H,24,25). The zero-order valence-electron chi connectivity index (χ0n) is 16.1. The third kappa shape index (κ3) is 5.20. The maximum Gasteiger partial charge on any atom is 0.307 e. The fourth-order valence-corrected chi connectivity index (χ4v) is 5.13. The van der Waals surface area contributed by atoms with Gasteiger partial charge in [0.15, 0.2) is 0 Å². The lowest BCUT2D eigenvalue weighted by atomic mass is 9.80. The summed E-state index contributed by atoms with van der Waals surface area (Å²) in [4.78, 5) is 11.1. The van der Waals surface area contributed by atoms with Crippen LogP contribution in [0.4, 0.5) is 0 Å². The third-order valence-corrected chi connectivity index (χ3v) is 7.01. The predicted molar refractivity (Wildman–Crippen MR) is 109 cm³/mol. The highest BCUT2D eigenvalue weighted by Gasteiger charge is 2.35. The van der Waals surface area contributed by atoms with Gasteiger partial charge in [0.1, 0.15) is 0 Å². The molecule has 2 aromatic rings. The molecular weight excluding hydrogens is 374 g/mol. The molecule has 0 bridgehead atoms. The van der Waals surface area contributed by atoms with Gasteiger partial charge in [0.25, 0.3) is 0 Å². The molecule has 0 unspecified atom stereocenters. The van der Waals surface area contributed by atoms with Gasteiger partial charge in [-0.1, -0.05) is 54.8 Å². The Bertz CT molecular complexity index is 912. The Morgan fingerprint density at radius 1 is 1.00 bits per heavy atom. The SMILES string of the molecule is Cc1ccc(S(=O)(=O)NCC2(Cc3ccc(CC(=O)O)cc3)CCCC2)cc1. The summed E-state index contributed by atoms with van der Waals surface area (Å²) in [6, 6.07) is 14.5. The van der Waals surface area contributed by atoms with Crippen molar-refractivity contribution in [3.63, 3.8) is 0 Å². The molecule has 2 aromatic carbocycles. The van der Waals surface area contributed by atoms with Crippen LogP contribution in [0.15, 0.2) is 53.4 Å². The summed E-state index contributed by atoms with van der Waals surface area (Å²) in [5.41, 5.74) is 2.83. The summed E-state index contributed by atoms with van der Waals surface area (Å²) in [7, 11) is -3.53. The summed E-state index contributed by atoms with van der Waals surface area (Å²) < 4.78 is 28.2. The van der Waals surface area contributed by atoms with Crippen LogP contribution in [0, 0.1) is 12.3 Å². The van der Waals surface area contributed by atoms with E-state index in [-0.39, 0.29) is 11.8 Å². The molecule has 0 heterocycles. The number of carbonyl (C=O) groups is 1. The molecule has 150 valence electrons. The molecular formula is C22H27NO4S. The number of sulfonamides is 1. The molecule has 1 fully saturated rings. The van der Waals surface area contributed by atoms with Gasteiger partial charge in [0, 0.05) is 6.54 Å². The van der Waals surface area contributed by atoms with Crippen molar-refractivity contribution in [2.45, 2.75) is 50.3 Å². The van der Waals surface area contributed by atoms with Gasteiger partial charge in [-0.25, -0.2) is 13.1 Å². The van der Waals surface area contributed by atoms with E-state index >= 15 is 0 Å². The second-order valence-corrected chi connectivity index (χ2v) is 9.68. The lowest BCUT2D eigenvalue weighted by Gasteiger charge is -2.29. The van der Waals surface area contributed by atoms with E-state index in [2.05, 4.69) is 4.72 Å². The van der Waals surface area contributed by atoms with Crippen LogP contribution < -0.4 is 4.72 Å². The molecule has 0 aliphatic heterocycles. The number of hydrogen-bond acceptors (Lipinski definition) is 3. The van der Waals surface area contributed by atoms with Gasteiger partial charge in [-0.3, -0.25) is 4.79 Å². The summed E-state index contributed by atoms with van der Waals surface area (Å²) in [5.74, 6) is -0.842. The Hall–Kier alpha value is -2.18. The van der Waals surface area contributed by atoms with Crippen LogP contribution in [0.3, 0.4) is 0 Å². The van der Waals surface area contributed by atoms with Gasteiger partial charge in [-0.2, -0.15) is 0 Å². The van der Waals surface area contributed by atoms with Gasteiger partial charge in [-0.15, -0.1) is 0 Å². The lowest BCUT2D eigenvalue weighted by molar-refractivity contribution is -0.136. The first-order chi connectivity index (χ1) is 13.3. The van der Waals surface area contributed by atoms with E-state index < -0.39 is 16.0 Å². The first-order valence-corrected chi connectivity index (χ1v) is 11.1. The van der Waals surface area contributed by atoms with E-state index in [9.17, 15) is 13.2 Å². The summed E-state index contributed by atoms with van der Waals surface area (Å²) in [6.07, 6.45) is 4.98. The highest BCUT2D eigenvalue weighted by atomic mass is 32.2. The van der Waals surface area contributed by atoms with Crippen LogP contribution in [0.5, 0.6) is 0 Å². The minimum absolute atomic E-state index is 0.0156. The molecule has 28 heavy (non-hydrogen) atoms. The van der Waals surface area contributed by atoms with Gasteiger partial charge in [-0.05, 0) is 54.9 Å². The monoisotopic (exact) mass is 401 g/mol. The van der Waals surface area contributed by atoms with E-state index in [1.54, 1.807) is 24.3 Å². The molecule has 2 N–H and O–H groups in total. The molecule has 0 radical (unpaired) electrons. The average Bonchev–Trinajstić information content (AvgIpc) is 3.11. The van der Waals surface area contributed by atoms with Crippen LogP contribution >= 0.6 is 0 Å². The number of rotatable bonds is 8. The van der Waals surface area contributed by atoms with Gasteiger partial charge in [0.2, 0.25) is 10.0 Å². The van der Waals surface area contributed by atoms with Crippen molar-refractivity contribution in [3.05, 3.63) is 65.2 Å². The molecule has 1 aliphatic rings.